The molecule has 6 atom stereocenters. The Kier molecular flexibility index (Phi) is 7.24. The van der Waals surface area contributed by atoms with Crippen LogP contribution in [0.4, 0.5) is 5.69 Å². The summed E-state index contributed by atoms with van der Waals surface area (Å²) in [6, 6.07) is 17.4. The van der Waals surface area contributed by atoms with Crippen LogP contribution in [0.15, 0.2) is 75.8 Å². The Hall–Kier alpha value is -5.43. The van der Waals surface area contributed by atoms with E-state index in [0.717, 1.165) is 50.0 Å². The number of nitrogens with zero attached hydrogens (tertiary/aromatic N) is 2. The molecule has 274 valence electrons. The van der Waals surface area contributed by atoms with Gasteiger partial charge in [-0.2, -0.15) is 0 Å². The molecule has 1 saturated heterocycles. The minimum atomic E-state index is -1.03. The molecule has 0 aliphatic carbocycles. The first kappa shape index (κ1) is 33.2. The number of fused-ring (bicyclic) bond motifs is 7. The Bertz CT molecular complexity index is 2540. The number of rotatable bonds is 4. The summed E-state index contributed by atoms with van der Waals surface area (Å²) in [5.41, 5.74) is 6.90. The van der Waals surface area contributed by atoms with Gasteiger partial charge in [0.1, 0.15) is 17.2 Å². The maximum Gasteiger partial charge on any atom is 0.249 e. The van der Waals surface area contributed by atoms with Crippen molar-refractivity contribution >= 4 is 40.7 Å². The number of aromatic nitrogens is 3. The fourth-order valence-corrected chi connectivity index (χ4v) is 9.32. The first-order chi connectivity index (χ1) is 25.8. The van der Waals surface area contributed by atoms with E-state index in [1.807, 2.05) is 38.2 Å². The fourth-order valence-electron chi connectivity index (χ4n) is 9.32. The van der Waals surface area contributed by atoms with Crippen LogP contribution in [0, 0.1) is 11.8 Å². The number of oxazole rings is 2. The standard InChI is InChI=1S/C41H36N6O6.ClH/c1-18(2)33-39-46-35-36(53-39)41-25-7-3-6-23(22-5-4-8-27-32(22)24(16-43-27)31-17-44-38(35)51-31)34(25)47-40(41)52-30-10-9-19(12-26(30)41)11-20(37(50)45-33)13-29(49)28-14-21(48)15-42-28;/h3-10,12,16-18,20-21,28,33,40,42-43,47-48H,11,13-15H2,1-2H3,(H,45,50);1H/t20?,21-,28+,33?,40+,41?;/m1./s1. The largest absolute Gasteiger partial charge is 0.469 e. The van der Waals surface area contributed by atoms with Crippen molar-refractivity contribution in [2.45, 2.75) is 62.9 Å². The molecule has 0 saturated carbocycles. The summed E-state index contributed by atoms with van der Waals surface area (Å²) >= 11 is 0. The Morgan fingerprint density at radius 3 is 2.72 bits per heavy atom. The van der Waals surface area contributed by atoms with Gasteiger partial charge in [-0.3, -0.25) is 9.59 Å². The molecule has 0 radical (unpaired) electrons. The number of para-hydroxylation sites is 1. The maximum absolute atomic E-state index is 14.3. The van der Waals surface area contributed by atoms with E-state index in [1.54, 1.807) is 6.20 Å². The van der Waals surface area contributed by atoms with Crippen LogP contribution in [0.5, 0.6) is 5.75 Å². The normalized spacial score (nSPS) is 25.6. The molecule has 1 spiro atoms. The number of carbonyl (C=O) groups is 2. The fraction of sp³-hybridized carbons (Fsp3) is 0.317. The van der Waals surface area contributed by atoms with E-state index >= 15 is 0 Å². The number of aliphatic hydroxyl groups is 1. The molecule has 11 rings (SSSR count). The zero-order valence-electron chi connectivity index (χ0n) is 29.4. The monoisotopic (exact) mass is 744 g/mol. The summed E-state index contributed by atoms with van der Waals surface area (Å²) in [6.07, 6.45) is 3.15. The summed E-state index contributed by atoms with van der Waals surface area (Å²) in [5.74, 6) is 1.21. The van der Waals surface area contributed by atoms with Crippen molar-refractivity contribution < 1.29 is 28.3 Å². The van der Waals surface area contributed by atoms with E-state index in [0.29, 0.717) is 48.2 Å². The number of hydrogen-bond donors (Lipinski definition) is 5. The molecule has 5 aliphatic rings. The number of amides is 1. The van der Waals surface area contributed by atoms with Gasteiger partial charge in [-0.1, -0.05) is 56.3 Å². The topological polar surface area (TPSA) is 168 Å². The van der Waals surface area contributed by atoms with Crippen molar-refractivity contribution in [3.63, 3.8) is 0 Å². The SMILES string of the molecule is CC(C)C1NC(=O)C(CC(=O)[C@@H]2C[C@@H](O)CN2)Cc2ccc3c(c2)C24c5cccc(c5N[C@H]2O3)-c2cccc3[nH]cc(c23)-c2cnc(o2)-c2nc1oc24.Cl. The van der Waals surface area contributed by atoms with Crippen molar-refractivity contribution in [1.82, 2.24) is 25.6 Å². The van der Waals surface area contributed by atoms with Crippen LogP contribution in [0.3, 0.4) is 0 Å². The van der Waals surface area contributed by atoms with Crippen molar-refractivity contribution in [3.8, 4) is 39.8 Å². The van der Waals surface area contributed by atoms with Crippen LogP contribution in [0.2, 0.25) is 0 Å². The van der Waals surface area contributed by atoms with Gasteiger partial charge in [0.05, 0.1) is 18.3 Å². The van der Waals surface area contributed by atoms with Crippen LogP contribution in [0.25, 0.3) is 44.9 Å². The summed E-state index contributed by atoms with van der Waals surface area (Å²) in [5, 5.41) is 21.3. The lowest BCUT2D eigenvalue weighted by Gasteiger charge is -2.28. The molecule has 6 aromatic rings. The van der Waals surface area contributed by atoms with Gasteiger partial charge in [0.25, 0.3) is 0 Å². The molecule has 5 N–H and O–H groups in total. The molecule has 1 amide bonds. The maximum atomic E-state index is 14.3. The van der Waals surface area contributed by atoms with Gasteiger partial charge in [-0.15, -0.1) is 12.4 Å². The summed E-state index contributed by atoms with van der Waals surface area (Å²) < 4.78 is 20.5. The molecule has 1 fully saturated rings. The first-order valence-corrected chi connectivity index (χ1v) is 18.3. The van der Waals surface area contributed by atoms with Crippen LogP contribution in [-0.4, -0.2) is 56.7 Å². The smallest absolute Gasteiger partial charge is 0.249 e. The van der Waals surface area contributed by atoms with Crippen LogP contribution in [-0.2, 0) is 21.4 Å². The van der Waals surface area contributed by atoms with Gasteiger partial charge in [-0.25, -0.2) is 9.97 Å². The first-order valence-electron chi connectivity index (χ1n) is 18.3. The molecular formula is C41H37ClN6O6. The second kappa shape index (κ2) is 11.8. The van der Waals surface area contributed by atoms with Gasteiger partial charge in [0, 0.05) is 63.9 Å². The van der Waals surface area contributed by atoms with Crippen molar-refractivity contribution in [2.24, 2.45) is 11.8 Å². The lowest BCUT2D eigenvalue weighted by Crippen LogP contribution is -2.41. The number of hydrogen-bond acceptors (Lipinski definition) is 10. The number of halogens is 1. The second-order valence-electron chi connectivity index (χ2n) is 15.4. The Balaban J connectivity index is 0.00000361. The number of ether oxygens (including phenoxy) is 1. The molecule has 3 aromatic heterocycles. The van der Waals surface area contributed by atoms with Gasteiger partial charge >= 0.3 is 0 Å². The Labute approximate surface area is 315 Å². The molecule has 5 aliphatic heterocycles. The van der Waals surface area contributed by atoms with Crippen molar-refractivity contribution in [2.75, 3.05) is 11.9 Å². The number of ketones is 1. The van der Waals surface area contributed by atoms with Crippen LogP contribution >= 0.6 is 12.4 Å². The highest BCUT2D eigenvalue weighted by Gasteiger charge is 2.61. The summed E-state index contributed by atoms with van der Waals surface area (Å²) in [4.78, 5) is 41.3. The van der Waals surface area contributed by atoms with E-state index in [-0.39, 0.29) is 42.3 Å². The lowest BCUT2D eigenvalue weighted by molar-refractivity contribution is -0.131. The number of carbonyl (C=O) groups excluding carboxylic acids is 2. The third-order valence-corrected chi connectivity index (χ3v) is 11.9. The van der Waals surface area contributed by atoms with Gasteiger partial charge in [0.2, 0.25) is 17.7 Å². The van der Waals surface area contributed by atoms with Crippen molar-refractivity contribution in [1.29, 1.82) is 0 Å². The summed E-state index contributed by atoms with van der Waals surface area (Å²) in [7, 11) is 0. The third kappa shape index (κ3) is 4.50. The molecule has 8 heterocycles. The predicted octanol–water partition coefficient (Wildman–Crippen LogP) is 6.03. The van der Waals surface area contributed by atoms with Gasteiger partial charge in [0.15, 0.2) is 29.2 Å². The van der Waals surface area contributed by atoms with E-state index in [1.165, 1.54) is 0 Å². The van der Waals surface area contributed by atoms with Crippen LogP contribution < -0.4 is 20.7 Å². The second-order valence-corrected chi connectivity index (χ2v) is 15.4. The molecule has 54 heavy (non-hydrogen) atoms. The zero-order valence-corrected chi connectivity index (χ0v) is 30.3. The number of anilines is 1. The molecule has 12 nitrogen and oxygen atoms in total. The minimum absolute atomic E-state index is 0. The third-order valence-electron chi connectivity index (χ3n) is 11.9. The number of benzene rings is 3. The quantitative estimate of drug-likeness (QED) is 0.144. The van der Waals surface area contributed by atoms with E-state index in [2.05, 4.69) is 57.3 Å². The Morgan fingerprint density at radius 1 is 1.04 bits per heavy atom. The minimum Gasteiger partial charge on any atom is -0.469 e. The van der Waals surface area contributed by atoms with Crippen molar-refractivity contribution in [3.05, 3.63) is 95.3 Å². The molecule has 3 unspecified atom stereocenters. The number of aliphatic hydroxyl groups excluding tert-OH is 1. The highest BCUT2D eigenvalue weighted by atomic mass is 35.5. The highest BCUT2D eigenvalue weighted by Crippen LogP contribution is 2.61. The number of aromatic amines is 1. The lowest BCUT2D eigenvalue weighted by atomic mass is 9.72. The number of nitrogens with one attached hydrogen (secondary N) is 4. The molecule has 13 heteroatoms. The Morgan fingerprint density at radius 2 is 1.89 bits per heavy atom. The number of β-amino-alcohol motifs (C(OH)–C–C–N with tert-alkyl or cyclic N) is 1. The molecular weight excluding hydrogens is 708 g/mol. The van der Waals surface area contributed by atoms with E-state index < -0.39 is 35.7 Å². The van der Waals surface area contributed by atoms with Gasteiger partial charge in [-0.05, 0) is 42.0 Å². The van der Waals surface area contributed by atoms with Gasteiger partial charge < -0.3 is 39.6 Å². The highest BCUT2D eigenvalue weighted by molar-refractivity contribution is 6.07. The summed E-state index contributed by atoms with van der Waals surface area (Å²) in [6.45, 7) is 4.36. The predicted molar refractivity (Wildman–Crippen MR) is 201 cm³/mol. The van der Waals surface area contributed by atoms with Crippen LogP contribution in [0.1, 0.15) is 61.1 Å². The zero-order chi connectivity index (χ0) is 35.7. The molecule has 3 aromatic carbocycles. The average Bonchev–Trinajstić information content (AvgIpc) is 3.99. The number of H-pyrrole nitrogens is 1. The van der Waals surface area contributed by atoms with E-state index in [9.17, 15) is 14.7 Å². The number of Topliss-reactive ketones (excluding diaryl/α,β-unsaturated/α-hetero) is 1. The average molecular weight is 745 g/mol. The molecule has 10 bridgehead atoms. The van der Waals surface area contributed by atoms with E-state index in [4.69, 9.17) is 23.5 Å².